The number of ether oxygens (including phenoxy) is 7. The Bertz CT molecular complexity index is 3800. The molecule has 12 fully saturated rings. The fraction of sp³-hybridized carbons (Fsp3) is 0.734. The van der Waals surface area contributed by atoms with Crippen molar-refractivity contribution in [2.45, 2.75) is 253 Å². The van der Waals surface area contributed by atoms with Crippen LogP contribution in [0.3, 0.4) is 0 Å². The Kier molecular flexibility index (Phi) is 10.7. The average Bonchev–Trinajstić information content (AvgIpc) is 1.49. The van der Waals surface area contributed by atoms with Gasteiger partial charge in [-0.3, -0.25) is 14.4 Å². The number of benzene rings is 4. The Morgan fingerprint density at radius 3 is 0.868 bits per heavy atom. The van der Waals surface area contributed by atoms with Gasteiger partial charge in [0.05, 0.1) is 23.4 Å². The summed E-state index contributed by atoms with van der Waals surface area (Å²) in [6, 6.07) is 13.7. The highest BCUT2D eigenvalue weighted by atomic mass is 16.7. The molecule has 0 radical (unpaired) electrons. The summed E-state index contributed by atoms with van der Waals surface area (Å²) >= 11 is 0. The number of fused-ring (bicyclic) bond motifs is 21. The first-order valence-corrected chi connectivity index (χ1v) is 36.2. The molecule has 91 heavy (non-hydrogen) atoms. The van der Waals surface area contributed by atoms with E-state index in [0.717, 1.165) is 240 Å². The molecule has 6 spiro atoms. The molecular weight excluding hydrogens is 1140 g/mol. The zero-order chi connectivity index (χ0) is 62.9. The largest absolute Gasteiger partial charge is 0.481 e. The lowest BCUT2D eigenvalue weighted by Crippen LogP contribution is -2.58. The van der Waals surface area contributed by atoms with Gasteiger partial charge in [-0.05, 0) is 292 Å². The molecule has 4 aromatic carbocycles. The molecule has 19 rings (SSSR count). The summed E-state index contributed by atoms with van der Waals surface area (Å²) in [6.45, 7) is 21.0. The van der Waals surface area contributed by atoms with Crippen LogP contribution in [0.25, 0.3) is 32.3 Å². The van der Waals surface area contributed by atoms with Crippen LogP contribution >= 0.6 is 0 Å². The first-order valence-electron chi connectivity index (χ1n) is 36.2. The van der Waals surface area contributed by atoms with Gasteiger partial charge in [-0.25, -0.2) is 0 Å². The van der Waals surface area contributed by atoms with Gasteiger partial charge >= 0.3 is 17.9 Å². The molecule has 0 aromatic heterocycles. The summed E-state index contributed by atoms with van der Waals surface area (Å²) in [7, 11) is 1.57. The SMILES string of the molecule is COC(=O)[C@]1(C)CCC[C@@]2(C)[C@@H]3CC[C@@]4(C)C[C@]3(CC[C@@H]21)CC41Oc2cc3c4cc5c(cc4c4cc6c(cc4c3cc2O1)OC1(C[C@]23CC[C@H]4[C@@](C)(CCC[C@@]4(C)C(=O)O)[C@@H]2CC[C@@]1(C)C3)O6)OC1(C[C@]23CC[C@H]4[C@@](C)(CCC[C@@]4(C)C(=O)O)[C@@H]2CC[C@@]1(C)C3)O5. The van der Waals surface area contributed by atoms with Crippen LogP contribution < -0.4 is 28.4 Å². The summed E-state index contributed by atoms with van der Waals surface area (Å²) in [5, 5.41) is 28.0. The summed E-state index contributed by atoms with van der Waals surface area (Å²) in [6.07, 6.45) is 26.2. The van der Waals surface area contributed by atoms with Crippen molar-refractivity contribution in [3.05, 3.63) is 36.4 Å². The molecule has 2 N–H and O–H groups in total. The molecule has 6 bridgehead atoms. The molecule has 12 nitrogen and oxygen atoms in total. The van der Waals surface area contributed by atoms with Crippen LogP contribution in [0.5, 0.6) is 34.5 Å². The number of hydrogen-bond donors (Lipinski definition) is 2. The fourth-order valence-corrected chi connectivity index (χ4v) is 29.8. The van der Waals surface area contributed by atoms with Crippen molar-refractivity contribution in [3.8, 4) is 34.5 Å². The van der Waals surface area contributed by atoms with Crippen LogP contribution in [0.15, 0.2) is 36.4 Å². The van der Waals surface area contributed by atoms with Gasteiger partial charge in [0.2, 0.25) is 0 Å². The molecule has 3 heterocycles. The van der Waals surface area contributed by atoms with Gasteiger partial charge < -0.3 is 43.4 Å². The number of aliphatic carboxylic acids is 2. The van der Waals surface area contributed by atoms with Gasteiger partial charge in [0.25, 0.3) is 17.4 Å². The lowest BCUT2D eigenvalue weighted by atomic mass is 9.40. The van der Waals surface area contributed by atoms with Crippen LogP contribution in [0, 0.1) is 100 Å². The predicted molar refractivity (Wildman–Crippen MR) is 344 cm³/mol. The minimum absolute atomic E-state index is 0.00917. The molecule has 20 atom stereocenters. The first-order chi connectivity index (χ1) is 43.0. The molecule has 0 amide bonds. The zero-order valence-electron chi connectivity index (χ0n) is 56.0. The summed E-state index contributed by atoms with van der Waals surface area (Å²) in [5.74, 6) is 2.67. The summed E-state index contributed by atoms with van der Waals surface area (Å²) in [5.41, 5.74) is -2.70. The van der Waals surface area contributed by atoms with Crippen molar-refractivity contribution in [3.63, 3.8) is 0 Å². The first kappa shape index (κ1) is 57.3. The highest BCUT2D eigenvalue weighted by Crippen LogP contribution is 2.81. The quantitative estimate of drug-likeness (QED) is 0.148. The van der Waals surface area contributed by atoms with Crippen LogP contribution in [0.1, 0.15) is 236 Å². The van der Waals surface area contributed by atoms with Crippen molar-refractivity contribution < 1.29 is 57.8 Å². The van der Waals surface area contributed by atoms with E-state index in [4.69, 9.17) is 33.2 Å². The van der Waals surface area contributed by atoms with Gasteiger partial charge in [0.15, 0.2) is 34.5 Å². The van der Waals surface area contributed by atoms with E-state index >= 15 is 0 Å². The van der Waals surface area contributed by atoms with E-state index in [1.165, 1.54) is 0 Å². The van der Waals surface area contributed by atoms with E-state index in [2.05, 4.69) is 84.9 Å². The van der Waals surface area contributed by atoms with E-state index in [0.29, 0.717) is 17.8 Å². The maximum absolute atomic E-state index is 13.7. The van der Waals surface area contributed by atoms with Crippen LogP contribution in [-0.4, -0.2) is 52.6 Å². The van der Waals surface area contributed by atoms with Crippen molar-refractivity contribution in [2.75, 3.05) is 7.11 Å². The number of methoxy groups -OCH3 is 1. The minimum Gasteiger partial charge on any atom is -0.481 e. The van der Waals surface area contributed by atoms with Crippen molar-refractivity contribution in [1.82, 2.24) is 0 Å². The second kappa shape index (κ2) is 16.9. The number of rotatable bonds is 3. The Morgan fingerprint density at radius 1 is 0.352 bits per heavy atom. The molecular formula is C79H98O12. The Labute approximate surface area is 537 Å². The summed E-state index contributed by atoms with van der Waals surface area (Å²) in [4.78, 5) is 40.0. The molecule has 486 valence electrons. The van der Waals surface area contributed by atoms with Gasteiger partial charge in [0, 0.05) is 35.5 Å². The molecule has 0 saturated heterocycles. The molecule has 12 saturated carbocycles. The molecule has 12 heteroatoms. The Hall–Kier alpha value is -5.13. The third-order valence-electron chi connectivity index (χ3n) is 33.4. The van der Waals surface area contributed by atoms with Crippen LogP contribution in [0.4, 0.5) is 0 Å². The summed E-state index contributed by atoms with van der Waals surface area (Å²) < 4.78 is 51.3. The molecule has 4 aromatic rings. The molecule has 12 aliphatic carbocycles. The average molecular weight is 1240 g/mol. The van der Waals surface area contributed by atoms with Gasteiger partial charge in [-0.2, -0.15) is 0 Å². The lowest BCUT2D eigenvalue weighted by Gasteiger charge is -2.63. The van der Waals surface area contributed by atoms with E-state index < -0.39 is 45.5 Å². The van der Waals surface area contributed by atoms with Crippen molar-refractivity contribution in [1.29, 1.82) is 0 Å². The van der Waals surface area contributed by atoms with E-state index in [-0.39, 0.29) is 72.5 Å². The number of hydrogen-bond acceptors (Lipinski definition) is 10. The van der Waals surface area contributed by atoms with Crippen molar-refractivity contribution >= 4 is 50.2 Å². The fourth-order valence-electron chi connectivity index (χ4n) is 29.8. The lowest BCUT2D eigenvalue weighted by molar-refractivity contribution is -0.185. The Morgan fingerprint density at radius 2 is 0.604 bits per heavy atom. The third-order valence-corrected chi connectivity index (χ3v) is 33.4. The maximum Gasteiger partial charge on any atom is 0.311 e. The second-order valence-electron chi connectivity index (χ2n) is 37.2. The van der Waals surface area contributed by atoms with Gasteiger partial charge in [-0.1, -0.05) is 60.8 Å². The standard InChI is InChI=1S/C79H98O12/c1-65-26-14-59-68(4)20-11-23-71(7,62(80)81)56(68)17-29-74(59,38-65)41-77(65)86-50-32-44-45-33-51-53(89-78(87-51)42-75-30-18-57-69(5,21-12-24-72(57,8)63(82)83)60(75)15-27-66(78,2)39-75)35-47(45)49-37-55-54(36-48(49)46(44)34-52(50)88-77)90-79(91-55)43-76-31-19-58-70(6,61(76)16-28-67(79,3)40-76)22-13-25-73(58,9)64(84)85-10/h32-37,56-61H,11-31,38-43H2,1-10H3,(H,80,81)(H,82,83)/t56-,57-,58-,59-,60-,61-,65-,66-,67-,68+,69+,70+,71+,72+,73+,74+,75+,76+,77?,78?,79?/m0/s1. The van der Waals surface area contributed by atoms with Gasteiger partial charge in [0.1, 0.15) is 0 Å². The van der Waals surface area contributed by atoms with Crippen LogP contribution in [-0.2, 0) is 19.1 Å². The maximum atomic E-state index is 13.7. The zero-order valence-corrected chi connectivity index (χ0v) is 56.0. The van der Waals surface area contributed by atoms with Gasteiger partial charge in [-0.15, -0.1) is 0 Å². The predicted octanol–water partition coefficient (Wildman–Crippen LogP) is 18.3. The normalized spacial score (nSPS) is 51.0. The van der Waals surface area contributed by atoms with E-state index in [9.17, 15) is 24.6 Å². The number of carboxylic acids is 2. The second-order valence-corrected chi connectivity index (χ2v) is 37.2. The smallest absolute Gasteiger partial charge is 0.311 e. The van der Waals surface area contributed by atoms with E-state index in [1.807, 2.05) is 13.8 Å². The molecule has 2 unspecified atom stereocenters. The van der Waals surface area contributed by atoms with E-state index in [1.54, 1.807) is 7.11 Å². The third kappa shape index (κ3) is 6.48. The monoisotopic (exact) mass is 1240 g/mol. The Balaban J connectivity index is 0.721. The van der Waals surface area contributed by atoms with Crippen LogP contribution in [0.2, 0.25) is 0 Å². The number of carbonyl (C=O) groups excluding carboxylic acids is 1. The topological polar surface area (TPSA) is 156 Å². The number of carboxylic acid groups (broad SMARTS) is 2. The molecule has 15 aliphatic rings. The number of esters is 1. The van der Waals surface area contributed by atoms with Crippen molar-refractivity contribution in [2.24, 2.45) is 100 Å². The minimum atomic E-state index is -0.859. The molecule has 3 aliphatic heterocycles. The highest BCUT2D eigenvalue weighted by Gasteiger charge is 2.79. The highest BCUT2D eigenvalue weighted by molar-refractivity contribution is 6.27. The number of carbonyl (C=O) groups is 3.